The van der Waals surface area contributed by atoms with Crippen molar-refractivity contribution in [2.45, 2.75) is 11.8 Å². The Morgan fingerprint density at radius 1 is 0.800 bits per heavy atom. The summed E-state index contributed by atoms with van der Waals surface area (Å²) in [4.78, 5) is 25.3. The number of hydrogen-bond acceptors (Lipinski definition) is 5. The molecule has 0 aromatic heterocycles. The van der Waals surface area contributed by atoms with E-state index < -0.39 is 11.3 Å². The first-order valence-corrected chi connectivity index (χ1v) is 8.74. The van der Waals surface area contributed by atoms with Crippen molar-refractivity contribution < 1.29 is 19.1 Å². The summed E-state index contributed by atoms with van der Waals surface area (Å²) in [5, 5.41) is -0.432. The van der Waals surface area contributed by atoms with E-state index in [1.165, 1.54) is 14.2 Å². The van der Waals surface area contributed by atoms with Gasteiger partial charge in [0.2, 0.25) is 0 Å². The van der Waals surface area contributed by atoms with Gasteiger partial charge in [0.15, 0.2) is 0 Å². The van der Waals surface area contributed by atoms with Crippen LogP contribution in [-0.4, -0.2) is 25.5 Å². The van der Waals surface area contributed by atoms with Crippen molar-refractivity contribution in [3.8, 4) is 0 Å². The van der Waals surface area contributed by atoms with E-state index in [4.69, 9.17) is 9.47 Å². The van der Waals surface area contributed by atoms with Crippen molar-refractivity contribution in [3.05, 3.63) is 81.3 Å². The molecule has 0 heterocycles. The van der Waals surface area contributed by atoms with E-state index >= 15 is 0 Å². The molecule has 0 saturated carbocycles. The van der Waals surface area contributed by atoms with Crippen LogP contribution < -0.4 is 0 Å². The molecule has 2 bridgehead atoms. The summed E-state index contributed by atoms with van der Waals surface area (Å²) in [5.41, 5.74) is 5.00. The molecule has 0 saturated heterocycles. The summed E-state index contributed by atoms with van der Waals surface area (Å²) in [6.45, 7) is 0. The monoisotopic (exact) mass is 352 g/mol. The Balaban J connectivity index is 2.00. The van der Waals surface area contributed by atoms with Crippen molar-refractivity contribution in [2.75, 3.05) is 14.2 Å². The van der Waals surface area contributed by atoms with Gasteiger partial charge in [-0.15, -0.1) is 0 Å². The third-order valence-corrected chi connectivity index (χ3v) is 5.83. The van der Waals surface area contributed by atoms with Gasteiger partial charge in [-0.25, -0.2) is 9.59 Å². The first-order chi connectivity index (χ1) is 12.2. The highest BCUT2D eigenvalue weighted by atomic mass is 32.2. The van der Waals surface area contributed by atoms with Crippen LogP contribution in [0.1, 0.15) is 34.1 Å². The average Bonchev–Trinajstić information content (AvgIpc) is 2.67. The van der Waals surface area contributed by atoms with Crippen LogP contribution in [0.3, 0.4) is 0 Å². The van der Waals surface area contributed by atoms with Crippen LogP contribution in [0.25, 0.3) is 0 Å². The number of thioether (sulfide) groups is 1. The van der Waals surface area contributed by atoms with Crippen LogP contribution in [0.5, 0.6) is 0 Å². The third kappa shape index (κ3) is 2.30. The van der Waals surface area contributed by atoms with Gasteiger partial charge in [0.1, 0.15) is 0 Å². The maximum Gasteiger partial charge on any atom is 0.371 e. The second-order valence-corrected chi connectivity index (χ2v) is 6.93. The zero-order valence-electron chi connectivity index (χ0n) is 13.8. The fraction of sp³-hybridized carbons (Fsp3) is 0.200. The number of esters is 1. The van der Waals surface area contributed by atoms with Gasteiger partial charge in [0.25, 0.3) is 0 Å². The number of ether oxygens (including phenoxy) is 2. The molecule has 5 heteroatoms. The van der Waals surface area contributed by atoms with Crippen LogP contribution in [0, 0.1) is 0 Å². The second-order valence-electron chi connectivity index (χ2n) is 5.95. The lowest BCUT2D eigenvalue weighted by molar-refractivity contribution is -0.136. The van der Waals surface area contributed by atoms with Gasteiger partial charge in [-0.1, -0.05) is 48.5 Å². The fourth-order valence-electron chi connectivity index (χ4n) is 3.87. The topological polar surface area (TPSA) is 52.6 Å². The quantitative estimate of drug-likeness (QED) is 0.758. The summed E-state index contributed by atoms with van der Waals surface area (Å²) < 4.78 is 9.89. The molecule has 0 amide bonds. The minimum absolute atomic E-state index is 0.157. The molecule has 0 N–H and O–H groups in total. The Labute approximate surface area is 149 Å². The molecule has 4 nitrogen and oxygen atoms in total. The van der Waals surface area contributed by atoms with E-state index in [0.29, 0.717) is 10.5 Å². The number of allylic oxidation sites excluding steroid dienone is 1. The molecule has 126 valence electrons. The van der Waals surface area contributed by atoms with Gasteiger partial charge >= 0.3 is 11.3 Å². The summed E-state index contributed by atoms with van der Waals surface area (Å²) in [7, 11) is 2.71. The molecule has 2 aromatic carbocycles. The molecule has 0 spiro atoms. The molecule has 0 fully saturated rings. The number of carbonyl (C=O) groups is 2. The zero-order valence-corrected chi connectivity index (χ0v) is 14.6. The number of hydrogen-bond donors (Lipinski definition) is 0. The smallest absolute Gasteiger partial charge is 0.371 e. The van der Waals surface area contributed by atoms with E-state index in [0.717, 1.165) is 34.0 Å². The summed E-state index contributed by atoms with van der Waals surface area (Å²) in [6, 6.07) is 16.1. The van der Waals surface area contributed by atoms with Gasteiger partial charge in [0.05, 0.1) is 19.8 Å². The zero-order chi connectivity index (χ0) is 17.6. The molecule has 3 aliphatic rings. The predicted octanol–water partition coefficient (Wildman–Crippen LogP) is 4.20. The SMILES string of the molecule is COC(=O)SC1=C(C(=O)OC)C2c3ccccc3C1c1ccccc12. The van der Waals surface area contributed by atoms with Crippen molar-refractivity contribution >= 4 is 23.0 Å². The highest BCUT2D eigenvalue weighted by Crippen LogP contribution is 2.58. The Hall–Kier alpha value is -2.53. The van der Waals surface area contributed by atoms with Gasteiger partial charge in [-0.2, -0.15) is 0 Å². The molecular formula is C20H16O4S. The minimum Gasteiger partial charge on any atom is -0.466 e. The van der Waals surface area contributed by atoms with Crippen LogP contribution in [0.2, 0.25) is 0 Å². The highest BCUT2D eigenvalue weighted by molar-refractivity contribution is 8.16. The predicted molar refractivity (Wildman–Crippen MR) is 95.6 cm³/mol. The van der Waals surface area contributed by atoms with Crippen molar-refractivity contribution in [2.24, 2.45) is 0 Å². The number of methoxy groups -OCH3 is 2. The van der Waals surface area contributed by atoms with Gasteiger partial charge in [0, 0.05) is 16.7 Å². The lowest BCUT2D eigenvalue weighted by atomic mass is 9.64. The van der Waals surface area contributed by atoms with Crippen LogP contribution in [-0.2, 0) is 14.3 Å². The molecular weight excluding hydrogens is 336 g/mol. The molecule has 0 aliphatic heterocycles. The van der Waals surface area contributed by atoms with Crippen LogP contribution in [0.4, 0.5) is 4.79 Å². The summed E-state index contributed by atoms with van der Waals surface area (Å²) in [6.07, 6.45) is 0. The van der Waals surface area contributed by atoms with E-state index in [1.54, 1.807) is 0 Å². The van der Waals surface area contributed by atoms with Crippen LogP contribution >= 0.6 is 11.8 Å². The first kappa shape index (κ1) is 16.0. The first-order valence-electron chi connectivity index (χ1n) is 7.93. The summed E-state index contributed by atoms with van der Waals surface area (Å²) in [5.74, 6) is -0.780. The lowest BCUT2D eigenvalue weighted by Crippen LogP contribution is -2.31. The normalized spacial score (nSPS) is 19.9. The Morgan fingerprint density at radius 2 is 1.28 bits per heavy atom. The molecule has 0 radical (unpaired) electrons. The van der Waals surface area contributed by atoms with E-state index in [-0.39, 0.29) is 11.8 Å². The van der Waals surface area contributed by atoms with Crippen molar-refractivity contribution in [1.82, 2.24) is 0 Å². The number of rotatable bonds is 2. The van der Waals surface area contributed by atoms with Crippen molar-refractivity contribution in [3.63, 3.8) is 0 Å². The molecule has 5 rings (SSSR count). The van der Waals surface area contributed by atoms with E-state index in [9.17, 15) is 9.59 Å². The Kier molecular flexibility index (Phi) is 3.88. The van der Waals surface area contributed by atoms with Gasteiger partial charge in [-0.3, -0.25) is 0 Å². The average molecular weight is 352 g/mol. The second kappa shape index (κ2) is 6.08. The largest absolute Gasteiger partial charge is 0.466 e. The molecule has 3 aliphatic carbocycles. The maximum absolute atomic E-state index is 12.6. The van der Waals surface area contributed by atoms with Gasteiger partial charge < -0.3 is 9.47 Å². The third-order valence-electron chi connectivity index (χ3n) is 4.82. The Morgan fingerprint density at radius 3 is 1.72 bits per heavy atom. The van der Waals surface area contributed by atoms with Crippen molar-refractivity contribution in [1.29, 1.82) is 0 Å². The van der Waals surface area contributed by atoms with Gasteiger partial charge in [-0.05, 0) is 34.0 Å². The molecule has 2 aromatic rings. The minimum atomic E-state index is -0.432. The molecule has 0 unspecified atom stereocenters. The molecule has 25 heavy (non-hydrogen) atoms. The molecule has 0 atom stereocenters. The fourth-order valence-corrected chi connectivity index (χ4v) is 4.82. The highest BCUT2D eigenvalue weighted by Gasteiger charge is 2.46. The lowest BCUT2D eigenvalue weighted by Gasteiger charge is -2.41. The number of benzene rings is 2. The Bertz CT molecular complexity index is 868. The summed E-state index contributed by atoms with van der Waals surface area (Å²) >= 11 is 0.980. The van der Waals surface area contributed by atoms with E-state index in [1.807, 2.05) is 36.4 Å². The standard InChI is InChI=1S/C20H16O4S/c1-23-19(21)17-15-11-7-3-5-9-13(11)16(18(17)25-20(22)24-2)14-10-6-4-8-12(14)15/h3-10,15-16H,1-2H3. The maximum atomic E-state index is 12.6. The van der Waals surface area contributed by atoms with E-state index in [2.05, 4.69) is 12.1 Å². The van der Waals surface area contributed by atoms with Crippen LogP contribution in [0.15, 0.2) is 59.0 Å². The number of carbonyl (C=O) groups excluding carboxylic acids is 2.